The van der Waals surface area contributed by atoms with Gasteiger partial charge >= 0.3 is 5.97 Å². The molecule has 61 heavy (non-hydrogen) atoms. The quantitative estimate of drug-likeness (QED) is 0.111. The molecular weight excluding hydrogens is 819 g/mol. The third-order valence-corrected chi connectivity index (χ3v) is 11.8. The second-order valence-electron chi connectivity index (χ2n) is 15.2. The van der Waals surface area contributed by atoms with E-state index in [1.807, 2.05) is 78.4 Å². The SMILES string of the molecule is Cc1c(-c2cn(Cc3ccc(Cl)cc3)c3ncnc(OC(Cc4ccccc4OCc4ccnc(N5CCOCC5)n4)C(=O)O)c23)ccc(OCCN2CCN(C)CC2)c1Cl. The zero-order valence-corrected chi connectivity index (χ0v) is 35.7. The Morgan fingerprint density at radius 3 is 2.46 bits per heavy atom. The summed E-state index contributed by atoms with van der Waals surface area (Å²) in [6.45, 7) is 10.6. The molecule has 0 bridgehead atoms. The standard InChI is InChI=1S/C45H48Cl2N8O6/c1-30-35(11-12-38(41(30)47)59-24-19-53-17-15-52(2)16-18-53)36-27-55(26-31-7-9-33(46)10-8-31)42-40(36)43(50-29-49-42)61-39(44(56)57)25-32-5-3-4-6-37(32)60-28-34-13-14-48-45(51-34)54-20-22-58-23-21-54/h3-14,27,29,39H,15-26,28H2,1-2H3,(H,56,57). The number of likely N-dealkylation sites (N-methyl/N-ethyl adjacent to an activating group) is 1. The van der Waals surface area contributed by atoms with Gasteiger partial charge in [0.15, 0.2) is 0 Å². The predicted octanol–water partition coefficient (Wildman–Crippen LogP) is 6.67. The molecule has 3 aromatic carbocycles. The molecule has 16 heteroatoms. The maximum Gasteiger partial charge on any atom is 0.345 e. The Kier molecular flexibility index (Phi) is 13.5. The first-order valence-electron chi connectivity index (χ1n) is 20.4. The number of halogens is 2. The van der Waals surface area contributed by atoms with Crippen LogP contribution in [0.4, 0.5) is 5.95 Å². The number of nitrogens with zero attached hydrogens (tertiary/aromatic N) is 8. The van der Waals surface area contributed by atoms with E-state index in [9.17, 15) is 9.90 Å². The Morgan fingerprint density at radius 2 is 1.67 bits per heavy atom. The summed E-state index contributed by atoms with van der Waals surface area (Å²) in [7, 11) is 2.14. The molecule has 0 saturated carbocycles. The highest BCUT2D eigenvalue weighted by atomic mass is 35.5. The van der Waals surface area contributed by atoms with E-state index in [2.05, 4.69) is 31.7 Å². The first-order valence-corrected chi connectivity index (χ1v) is 21.1. The molecule has 6 aromatic rings. The molecule has 1 unspecified atom stereocenters. The van der Waals surface area contributed by atoms with Crippen LogP contribution in [0.15, 0.2) is 85.5 Å². The van der Waals surface area contributed by atoms with Gasteiger partial charge in [-0.25, -0.2) is 24.7 Å². The minimum atomic E-state index is -1.33. The third kappa shape index (κ3) is 10.2. The number of fused-ring (bicyclic) bond motifs is 1. The average Bonchev–Trinajstić information content (AvgIpc) is 3.64. The van der Waals surface area contributed by atoms with Gasteiger partial charge in [0.25, 0.3) is 0 Å². The van der Waals surface area contributed by atoms with E-state index in [-0.39, 0.29) is 18.9 Å². The fourth-order valence-electron chi connectivity index (χ4n) is 7.58. The summed E-state index contributed by atoms with van der Waals surface area (Å²) < 4.78 is 26.4. The maximum absolute atomic E-state index is 13.0. The van der Waals surface area contributed by atoms with Gasteiger partial charge in [0.1, 0.15) is 36.7 Å². The number of morpholine rings is 1. The van der Waals surface area contributed by atoms with Crippen molar-refractivity contribution in [3.63, 3.8) is 0 Å². The van der Waals surface area contributed by atoms with Gasteiger partial charge in [0, 0.05) is 81.8 Å². The van der Waals surface area contributed by atoms with Crippen molar-refractivity contribution >= 4 is 46.2 Å². The van der Waals surface area contributed by atoms with Crippen molar-refractivity contribution in [1.29, 1.82) is 0 Å². The monoisotopic (exact) mass is 866 g/mol. The van der Waals surface area contributed by atoms with Crippen LogP contribution < -0.4 is 19.1 Å². The fourth-order valence-corrected chi connectivity index (χ4v) is 7.92. The van der Waals surface area contributed by atoms with E-state index in [4.69, 9.17) is 52.1 Å². The van der Waals surface area contributed by atoms with E-state index in [1.165, 1.54) is 6.33 Å². The summed E-state index contributed by atoms with van der Waals surface area (Å²) in [5, 5.41) is 12.3. The molecular formula is C45H48Cl2N8O6. The molecule has 1 N–H and O–H groups in total. The highest BCUT2D eigenvalue weighted by Gasteiger charge is 2.27. The smallest absolute Gasteiger partial charge is 0.345 e. The number of aliphatic carboxylic acids is 1. The number of piperazine rings is 1. The highest BCUT2D eigenvalue weighted by molar-refractivity contribution is 6.33. The molecule has 3 aromatic heterocycles. The first kappa shape index (κ1) is 42.2. The van der Waals surface area contributed by atoms with Gasteiger partial charge in [-0.1, -0.05) is 59.6 Å². The summed E-state index contributed by atoms with van der Waals surface area (Å²) in [6.07, 6.45) is 3.74. The van der Waals surface area contributed by atoms with Crippen LogP contribution in [-0.2, 0) is 29.1 Å². The maximum atomic E-state index is 13.0. The number of hydrogen-bond acceptors (Lipinski definition) is 12. The molecule has 0 spiro atoms. The highest BCUT2D eigenvalue weighted by Crippen LogP contribution is 2.41. The molecule has 2 saturated heterocycles. The Bertz CT molecular complexity index is 2450. The van der Waals surface area contributed by atoms with Crippen LogP contribution >= 0.6 is 23.2 Å². The molecule has 318 valence electrons. The van der Waals surface area contributed by atoms with Crippen molar-refractivity contribution in [3.05, 3.63) is 118 Å². The lowest BCUT2D eigenvalue weighted by atomic mass is 10.0. The normalized spacial score (nSPS) is 15.5. The molecule has 2 fully saturated rings. The second-order valence-corrected chi connectivity index (χ2v) is 16.0. The Labute approximate surface area is 364 Å². The Hall–Kier alpha value is -5.51. The van der Waals surface area contributed by atoms with Crippen LogP contribution in [0.3, 0.4) is 0 Å². The number of ether oxygens (including phenoxy) is 4. The van der Waals surface area contributed by atoms with Crippen LogP contribution in [0.5, 0.6) is 17.4 Å². The summed E-state index contributed by atoms with van der Waals surface area (Å²) in [5.41, 5.74) is 5.23. The lowest BCUT2D eigenvalue weighted by Crippen LogP contribution is -2.45. The number of hydrogen-bond donors (Lipinski definition) is 1. The van der Waals surface area contributed by atoms with E-state index in [1.54, 1.807) is 12.3 Å². The van der Waals surface area contributed by atoms with E-state index in [0.29, 0.717) is 89.2 Å². The predicted molar refractivity (Wildman–Crippen MR) is 234 cm³/mol. The van der Waals surface area contributed by atoms with Crippen LogP contribution in [0.2, 0.25) is 10.0 Å². The number of benzene rings is 3. The summed E-state index contributed by atoms with van der Waals surface area (Å²) in [5.74, 6) is 0.696. The van der Waals surface area contributed by atoms with Gasteiger partial charge in [0.2, 0.25) is 17.9 Å². The van der Waals surface area contributed by atoms with E-state index < -0.39 is 12.1 Å². The zero-order valence-electron chi connectivity index (χ0n) is 34.2. The molecule has 8 rings (SSSR count). The first-order chi connectivity index (χ1) is 29.7. The molecule has 0 radical (unpaired) electrons. The molecule has 5 heterocycles. The second kappa shape index (κ2) is 19.5. The number of aromatic nitrogens is 5. The average molecular weight is 868 g/mol. The lowest BCUT2D eigenvalue weighted by molar-refractivity contribution is -0.145. The summed E-state index contributed by atoms with van der Waals surface area (Å²) >= 11 is 13.3. The van der Waals surface area contributed by atoms with Crippen molar-refractivity contribution < 1.29 is 28.8 Å². The van der Waals surface area contributed by atoms with Crippen LogP contribution in [0, 0.1) is 6.92 Å². The minimum Gasteiger partial charge on any atom is -0.491 e. The number of anilines is 1. The summed E-state index contributed by atoms with van der Waals surface area (Å²) in [6, 6.07) is 20.6. The van der Waals surface area contributed by atoms with Gasteiger partial charge in [-0.3, -0.25) is 4.90 Å². The fraction of sp³-hybridized carbons (Fsp3) is 0.356. The topological polar surface area (TPSA) is 140 Å². The van der Waals surface area contributed by atoms with Crippen LogP contribution in [-0.4, -0.2) is 124 Å². The van der Waals surface area contributed by atoms with Gasteiger partial charge in [0.05, 0.1) is 29.3 Å². The molecule has 1 atom stereocenters. The molecule has 0 aliphatic carbocycles. The van der Waals surface area contributed by atoms with E-state index in [0.717, 1.165) is 55.0 Å². The van der Waals surface area contributed by atoms with Gasteiger partial charge < -0.3 is 38.4 Å². The van der Waals surface area contributed by atoms with Crippen molar-refractivity contribution in [2.75, 3.05) is 77.6 Å². The van der Waals surface area contributed by atoms with Gasteiger partial charge in [-0.2, -0.15) is 0 Å². The van der Waals surface area contributed by atoms with Gasteiger partial charge in [-0.15, -0.1) is 0 Å². The molecule has 14 nitrogen and oxygen atoms in total. The Morgan fingerprint density at radius 1 is 0.885 bits per heavy atom. The Balaban J connectivity index is 1.07. The van der Waals surface area contributed by atoms with Crippen molar-refractivity contribution in [2.45, 2.75) is 32.6 Å². The van der Waals surface area contributed by atoms with Crippen molar-refractivity contribution in [2.24, 2.45) is 0 Å². The van der Waals surface area contributed by atoms with Crippen LogP contribution in [0.25, 0.3) is 22.2 Å². The number of carboxylic acids is 1. The lowest BCUT2D eigenvalue weighted by Gasteiger charge is -2.32. The molecule has 2 aliphatic rings. The summed E-state index contributed by atoms with van der Waals surface area (Å²) in [4.78, 5) is 38.2. The van der Waals surface area contributed by atoms with Gasteiger partial charge in [-0.05, 0) is 66.6 Å². The number of para-hydroxylation sites is 1. The van der Waals surface area contributed by atoms with Crippen LogP contribution in [0.1, 0.15) is 22.4 Å². The minimum absolute atomic E-state index is 0.00829. The number of rotatable bonds is 16. The number of carboxylic acid groups (broad SMARTS) is 1. The largest absolute Gasteiger partial charge is 0.491 e. The zero-order chi connectivity index (χ0) is 42.3. The third-order valence-electron chi connectivity index (χ3n) is 11.1. The number of carbonyl (C=O) groups is 1. The van der Waals surface area contributed by atoms with E-state index >= 15 is 0 Å². The molecule has 0 amide bonds. The van der Waals surface area contributed by atoms with Crippen molar-refractivity contribution in [3.8, 4) is 28.5 Å². The van der Waals surface area contributed by atoms with Crippen molar-refractivity contribution in [1.82, 2.24) is 34.3 Å². The molecule has 2 aliphatic heterocycles.